The SMILES string of the molecule is Cn1ncc(N2CCN(C(=O)[C@H](c3ccccc3)n3cnnn3)CC2)cc1=O. The second-order valence-electron chi connectivity index (χ2n) is 6.59. The minimum absolute atomic E-state index is 0.0553. The van der Waals surface area contributed by atoms with Gasteiger partial charge in [-0.3, -0.25) is 9.59 Å². The monoisotopic (exact) mass is 380 g/mol. The second-order valence-corrected chi connectivity index (χ2v) is 6.59. The predicted octanol–water partition coefficient (Wildman–Crippen LogP) is -0.295. The first-order chi connectivity index (χ1) is 13.6. The summed E-state index contributed by atoms with van der Waals surface area (Å²) in [6.07, 6.45) is 3.13. The number of aromatic nitrogens is 6. The number of piperazine rings is 1. The molecule has 4 rings (SSSR count). The lowest BCUT2D eigenvalue weighted by Gasteiger charge is -2.37. The van der Waals surface area contributed by atoms with Gasteiger partial charge in [-0.15, -0.1) is 5.10 Å². The molecule has 1 aromatic carbocycles. The van der Waals surface area contributed by atoms with Gasteiger partial charge in [0.15, 0.2) is 6.04 Å². The van der Waals surface area contributed by atoms with Crippen LogP contribution in [-0.4, -0.2) is 67.0 Å². The van der Waals surface area contributed by atoms with Crippen molar-refractivity contribution in [3.8, 4) is 0 Å². The number of tetrazole rings is 1. The number of anilines is 1. The summed E-state index contributed by atoms with van der Waals surface area (Å²) in [5.74, 6) is -0.0553. The van der Waals surface area contributed by atoms with E-state index >= 15 is 0 Å². The lowest BCUT2D eigenvalue weighted by Crippen LogP contribution is -2.51. The first-order valence-electron chi connectivity index (χ1n) is 8.98. The number of rotatable bonds is 4. The number of carbonyl (C=O) groups excluding carboxylic acids is 1. The fourth-order valence-corrected chi connectivity index (χ4v) is 3.32. The van der Waals surface area contributed by atoms with Crippen molar-refractivity contribution in [3.05, 3.63) is 64.8 Å². The third-order valence-electron chi connectivity index (χ3n) is 4.89. The highest BCUT2D eigenvalue weighted by Crippen LogP contribution is 2.21. The third-order valence-corrected chi connectivity index (χ3v) is 4.89. The van der Waals surface area contributed by atoms with Gasteiger partial charge in [0.2, 0.25) is 0 Å². The molecule has 28 heavy (non-hydrogen) atoms. The average molecular weight is 380 g/mol. The molecule has 1 fully saturated rings. The Morgan fingerprint density at radius 1 is 1.11 bits per heavy atom. The van der Waals surface area contributed by atoms with Gasteiger partial charge in [-0.25, -0.2) is 9.36 Å². The number of hydrogen-bond donors (Lipinski definition) is 0. The van der Waals surface area contributed by atoms with E-state index in [-0.39, 0.29) is 11.5 Å². The molecule has 0 N–H and O–H groups in total. The Morgan fingerprint density at radius 2 is 1.86 bits per heavy atom. The molecular weight excluding hydrogens is 360 g/mol. The third kappa shape index (κ3) is 3.48. The number of benzene rings is 1. The maximum Gasteiger partial charge on any atom is 0.268 e. The van der Waals surface area contributed by atoms with Crippen molar-refractivity contribution in [1.29, 1.82) is 0 Å². The van der Waals surface area contributed by atoms with Crippen molar-refractivity contribution in [2.45, 2.75) is 6.04 Å². The number of aryl methyl sites for hydroxylation is 1. The molecule has 0 spiro atoms. The van der Waals surface area contributed by atoms with Crippen LogP contribution in [0.15, 0.2) is 53.7 Å². The van der Waals surface area contributed by atoms with E-state index < -0.39 is 6.04 Å². The van der Waals surface area contributed by atoms with E-state index in [1.807, 2.05) is 35.2 Å². The first kappa shape index (κ1) is 17.8. The van der Waals surface area contributed by atoms with Crippen LogP contribution in [0.4, 0.5) is 5.69 Å². The van der Waals surface area contributed by atoms with E-state index in [4.69, 9.17) is 0 Å². The minimum Gasteiger partial charge on any atom is -0.367 e. The molecule has 3 aromatic rings. The molecule has 1 atom stereocenters. The van der Waals surface area contributed by atoms with Crippen LogP contribution >= 0.6 is 0 Å². The molecule has 1 amide bonds. The van der Waals surface area contributed by atoms with E-state index in [2.05, 4.69) is 25.5 Å². The molecule has 0 radical (unpaired) electrons. The van der Waals surface area contributed by atoms with Crippen LogP contribution in [0.2, 0.25) is 0 Å². The van der Waals surface area contributed by atoms with E-state index in [0.29, 0.717) is 26.2 Å². The van der Waals surface area contributed by atoms with Crippen molar-refractivity contribution in [3.63, 3.8) is 0 Å². The Balaban J connectivity index is 1.50. The summed E-state index contributed by atoms with van der Waals surface area (Å²) in [6, 6.07) is 10.4. The van der Waals surface area contributed by atoms with E-state index in [9.17, 15) is 9.59 Å². The Hall–Kier alpha value is -3.56. The fourth-order valence-electron chi connectivity index (χ4n) is 3.32. The maximum absolute atomic E-state index is 13.3. The maximum atomic E-state index is 13.3. The van der Waals surface area contributed by atoms with Crippen LogP contribution in [-0.2, 0) is 11.8 Å². The highest BCUT2D eigenvalue weighted by molar-refractivity contribution is 5.83. The summed E-state index contributed by atoms with van der Waals surface area (Å²) in [5.41, 5.74) is 1.45. The van der Waals surface area contributed by atoms with Crippen LogP contribution in [0.25, 0.3) is 0 Å². The van der Waals surface area contributed by atoms with E-state index in [1.54, 1.807) is 19.3 Å². The van der Waals surface area contributed by atoms with Gasteiger partial charge >= 0.3 is 0 Å². The van der Waals surface area contributed by atoms with E-state index in [0.717, 1.165) is 11.3 Å². The molecule has 3 heterocycles. The van der Waals surface area contributed by atoms with Gasteiger partial charge in [-0.1, -0.05) is 30.3 Å². The normalized spacial score (nSPS) is 15.5. The molecule has 1 saturated heterocycles. The molecule has 1 aliphatic heterocycles. The molecular formula is C18H20N8O2. The molecule has 10 nitrogen and oxygen atoms in total. The van der Waals surface area contributed by atoms with Gasteiger partial charge < -0.3 is 9.80 Å². The number of hydrogen-bond acceptors (Lipinski definition) is 7. The first-order valence-corrected chi connectivity index (χ1v) is 8.98. The zero-order chi connectivity index (χ0) is 19.5. The summed E-state index contributed by atoms with van der Waals surface area (Å²) in [7, 11) is 1.62. The molecule has 10 heteroatoms. The summed E-state index contributed by atoms with van der Waals surface area (Å²) in [4.78, 5) is 29.0. The van der Waals surface area contributed by atoms with Crippen LogP contribution in [0.5, 0.6) is 0 Å². The summed E-state index contributed by atoms with van der Waals surface area (Å²) in [5, 5.41) is 15.4. The van der Waals surface area contributed by atoms with Gasteiger partial charge in [0.1, 0.15) is 6.33 Å². The van der Waals surface area contributed by atoms with Crippen molar-refractivity contribution >= 4 is 11.6 Å². The molecule has 0 unspecified atom stereocenters. The van der Waals surface area contributed by atoms with E-state index in [1.165, 1.54) is 15.7 Å². The Bertz CT molecular complexity index is 994. The molecule has 144 valence electrons. The largest absolute Gasteiger partial charge is 0.367 e. The summed E-state index contributed by atoms with van der Waals surface area (Å²) in [6.45, 7) is 2.33. The highest BCUT2D eigenvalue weighted by atomic mass is 16.2. The van der Waals surface area contributed by atoms with Crippen molar-refractivity contribution in [2.24, 2.45) is 7.05 Å². The zero-order valence-electron chi connectivity index (χ0n) is 15.4. The van der Waals surface area contributed by atoms with Crippen LogP contribution in [0, 0.1) is 0 Å². The smallest absolute Gasteiger partial charge is 0.268 e. The predicted molar refractivity (Wildman–Crippen MR) is 101 cm³/mol. The van der Waals surface area contributed by atoms with Crippen LogP contribution < -0.4 is 10.5 Å². The summed E-state index contributed by atoms with van der Waals surface area (Å²) >= 11 is 0. The number of carbonyl (C=O) groups is 1. The molecule has 0 bridgehead atoms. The average Bonchev–Trinajstić information content (AvgIpc) is 3.25. The number of nitrogens with zero attached hydrogens (tertiary/aromatic N) is 8. The Labute approximate surface area is 161 Å². The number of amides is 1. The highest BCUT2D eigenvalue weighted by Gasteiger charge is 2.31. The van der Waals surface area contributed by atoms with Crippen LogP contribution in [0.1, 0.15) is 11.6 Å². The topological polar surface area (TPSA) is 102 Å². The zero-order valence-corrected chi connectivity index (χ0v) is 15.4. The van der Waals surface area contributed by atoms with Gasteiger partial charge in [0.05, 0.1) is 11.9 Å². The molecule has 0 aliphatic carbocycles. The lowest BCUT2D eigenvalue weighted by molar-refractivity contribution is -0.134. The van der Waals surface area contributed by atoms with Crippen molar-refractivity contribution < 1.29 is 4.79 Å². The van der Waals surface area contributed by atoms with Gasteiger partial charge in [0, 0.05) is 39.3 Å². The lowest BCUT2D eigenvalue weighted by atomic mass is 10.1. The van der Waals surface area contributed by atoms with Crippen molar-refractivity contribution in [1.82, 2.24) is 34.9 Å². The Morgan fingerprint density at radius 3 is 2.50 bits per heavy atom. The molecule has 2 aromatic heterocycles. The second kappa shape index (κ2) is 7.59. The standard InChI is InChI=1S/C18H20N8O2/c1-23-16(27)11-15(12-20-23)24-7-9-25(10-8-24)18(28)17(26-13-19-21-22-26)14-5-3-2-4-6-14/h2-6,11-13,17H,7-10H2,1H3/t17-/m0/s1. The van der Waals surface area contributed by atoms with Crippen molar-refractivity contribution in [2.75, 3.05) is 31.1 Å². The van der Waals surface area contributed by atoms with Crippen LogP contribution in [0.3, 0.4) is 0 Å². The van der Waals surface area contributed by atoms with Gasteiger partial charge in [-0.05, 0) is 16.0 Å². The fraction of sp³-hybridized carbons (Fsp3) is 0.333. The quantitative estimate of drug-likeness (QED) is 0.613. The van der Waals surface area contributed by atoms with Gasteiger partial charge in [0.25, 0.3) is 11.5 Å². The Kier molecular flexibility index (Phi) is 4.83. The molecule has 1 aliphatic rings. The molecule has 0 saturated carbocycles. The summed E-state index contributed by atoms with van der Waals surface area (Å²) < 4.78 is 2.77. The van der Waals surface area contributed by atoms with Gasteiger partial charge in [-0.2, -0.15) is 5.10 Å². The minimum atomic E-state index is -0.603.